The summed E-state index contributed by atoms with van der Waals surface area (Å²) < 4.78 is 1.52. The molecule has 2 N–H and O–H groups in total. The summed E-state index contributed by atoms with van der Waals surface area (Å²) >= 11 is 12.1. The number of phenolic OH excluding ortho intramolecular Hbond substituents is 2. The first-order chi connectivity index (χ1) is 9.06. The first-order valence-corrected chi connectivity index (χ1v) is 6.18. The molecule has 19 heavy (non-hydrogen) atoms. The fourth-order valence-electron chi connectivity index (χ4n) is 1.83. The number of rotatable bonds is 1. The fraction of sp³-hybridized carbons (Fsp3) is 0. The smallest absolute Gasteiger partial charge is 0.140 e. The summed E-state index contributed by atoms with van der Waals surface area (Å²) in [7, 11) is 0. The van der Waals surface area contributed by atoms with Crippen molar-refractivity contribution in [2.45, 2.75) is 0 Å². The summed E-state index contributed by atoms with van der Waals surface area (Å²) in [5.74, 6) is 0.124. The van der Waals surface area contributed by atoms with E-state index in [4.69, 9.17) is 23.2 Å². The minimum absolute atomic E-state index is 0.0404. The lowest BCUT2D eigenvalue weighted by atomic mass is 10.2. The van der Waals surface area contributed by atoms with Crippen LogP contribution < -0.4 is 0 Å². The lowest BCUT2D eigenvalue weighted by Gasteiger charge is -2.02. The minimum Gasteiger partial charge on any atom is -0.508 e. The summed E-state index contributed by atoms with van der Waals surface area (Å²) in [4.78, 5) is 0. The minimum atomic E-state index is -0.0404. The molecule has 0 radical (unpaired) electrons. The van der Waals surface area contributed by atoms with E-state index >= 15 is 0 Å². The number of phenols is 2. The van der Waals surface area contributed by atoms with Gasteiger partial charge in [0.15, 0.2) is 0 Å². The quantitative estimate of drug-likeness (QED) is 0.719. The normalized spacial score (nSPS) is 11.1. The van der Waals surface area contributed by atoms with Crippen LogP contribution in [0.2, 0.25) is 10.2 Å². The van der Waals surface area contributed by atoms with Gasteiger partial charge < -0.3 is 10.2 Å². The number of hydrogen-bond donors (Lipinski definition) is 2. The van der Waals surface area contributed by atoms with Crippen LogP contribution in [0.3, 0.4) is 0 Å². The first-order valence-electron chi connectivity index (χ1n) is 5.42. The Morgan fingerprint density at radius 1 is 1.00 bits per heavy atom. The zero-order valence-electron chi connectivity index (χ0n) is 9.51. The van der Waals surface area contributed by atoms with Gasteiger partial charge in [-0.15, -0.1) is 0 Å². The van der Waals surface area contributed by atoms with Crippen molar-refractivity contribution in [3.05, 3.63) is 46.6 Å². The predicted octanol–water partition coefficient (Wildman–Crippen LogP) is 3.74. The highest BCUT2D eigenvalue weighted by atomic mass is 35.5. The molecule has 4 nitrogen and oxygen atoms in total. The van der Waals surface area contributed by atoms with Crippen LogP contribution in [-0.2, 0) is 0 Å². The number of fused-ring (bicyclic) bond motifs is 1. The molecule has 0 fully saturated rings. The Kier molecular flexibility index (Phi) is 2.77. The Labute approximate surface area is 118 Å². The molecular formula is C13H8Cl2N2O2. The van der Waals surface area contributed by atoms with Gasteiger partial charge >= 0.3 is 0 Å². The van der Waals surface area contributed by atoms with Gasteiger partial charge in [0, 0.05) is 5.39 Å². The van der Waals surface area contributed by atoms with Crippen LogP contribution in [0.15, 0.2) is 36.4 Å². The highest BCUT2D eigenvalue weighted by Gasteiger charge is 2.13. The van der Waals surface area contributed by atoms with Crippen LogP contribution in [0.25, 0.3) is 16.6 Å². The van der Waals surface area contributed by atoms with Gasteiger partial charge in [-0.25, -0.2) is 4.68 Å². The summed E-state index contributed by atoms with van der Waals surface area (Å²) in [6.45, 7) is 0. The molecule has 0 saturated heterocycles. The molecule has 0 saturated carbocycles. The largest absolute Gasteiger partial charge is 0.508 e. The molecule has 3 aromatic rings. The van der Waals surface area contributed by atoms with Crippen LogP contribution in [-0.4, -0.2) is 20.0 Å². The van der Waals surface area contributed by atoms with Crippen molar-refractivity contribution in [2.75, 3.05) is 0 Å². The number of benzene rings is 2. The van der Waals surface area contributed by atoms with Crippen LogP contribution in [0.4, 0.5) is 0 Å². The molecule has 6 heteroatoms. The molecule has 0 spiro atoms. The Morgan fingerprint density at radius 3 is 2.37 bits per heavy atom. The summed E-state index contributed by atoms with van der Waals surface area (Å²) in [5, 5.41) is 24.4. The maximum atomic E-state index is 9.60. The molecule has 0 aliphatic heterocycles. The lowest BCUT2D eigenvalue weighted by molar-refractivity contribution is 0.475. The molecule has 1 heterocycles. The number of aromatic nitrogens is 2. The zero-order chi connectivity index (χ0) is 13.6. The maximum absolute atomic E-state index is 9.60. The lowest BCUT2D eigenvalue weighted by Crippen LogP contribution is -1.95. The molecule has 3 rings (SSSR count). The van der Waals surface area contributed by atoms with Gasteiger partial charge in [-0.3, -0.25) is 0 Å². The summed E-state index contributed by atoms with van der Waals surface area (Å²) in [5.41, 5.74) is 1.29. The zero-order valence-corrected chi connectivity index (χ0v) is 11.0. The van der Waals surface area contributed by atoms with Crippen molar-refractivity contribution in [3.63, 3.8) is 0 Å². The molecule has 96 valence electrons. The molecule has 0 aliphatic rings. The molecule has 0 unspecified atom stereocenters. The van der Waals surface area contributed by atoms with E-state index in [0.29, 0.717) is 21.7 Å². The fourth-order valence-corrected chi connectivity index (χ4v) is 2.27. The van der Waals surface area contributed by atoms with Gasteiger partial charge in [0.1, 0.15) is 16.7 Å². The third-order valence-electron chi connectivity index (χ3n) is 2.78. The van der Waals surface area contributed by atoms with Crippen LogP contribution in [0.1, 0.15) is 0 Å². The van der Waals surface area contributed by atoms with Gasteiger partial charge in [0.2, 0.25) is 0 Å². The van der Waals surface area contributed by atoms with E-state index in [1.165, 1.54) is 10.7 Å². The number of nitrogens with zero attached hydrogens (tertiary/aromatic N) is 2. The SMILES string of the molecule is Oc1ccc(-n2nc3cc(Cl)c(O)cc3c2Cl)cc1. The monoisotopic (exact) mass is 294 g/mol. The molecular weight excluding hydrogens is 287 g/mol. The Morgan fingerprint density at radius 2 is 1.68 bits per heavy atom. The highest BCUT2D eigenvalue weighted by Crippen LogP contribution is 2.33. The van der Waals surface area contributed by atoms with Crippen molar-refractivity contribution in [3.8, 4) is 17.2 Å². The van der Waals surface area contributed by atoms with E-state index in [0.717, 1.165) is 0 Å². The van der Waals surface area contributed by atoms with Gasteiger partial charge in [-0.05, 0) is 36.4 Å². The van der Waals surface area contributed by atoms with E-state index in [1.54, 1.807) is 30.3 Å². The molecule has 0 aliphatic carbocycles. The van der Waals surface area contributed by atoms with Gasteiger partial charge in [-0.1, -0.05) is 23.2 Å². The Hall–Kier alpha value is -1.91. The average Bonchev–Trinajstić information content (AvgIpc) is 2.69. The van der Waals surface area contributed by atoms with E-state index in [2.05, 4.69) is 5.10 Å². The van der Waals surface area contributed by atoms with Crippen LogP contribution in [0, 0.1) is 0 Å². The van der Waals surface area contributed by atoms with Gasteiger partial charge in [0.25, 0.3) is 0 Å². The first kappa shape index (κ1) is 12.1. The average molecular weight is 295 g/mol. The number of aromatic hydroxyl groups is 2. The van der Waals surface area contributed by atoms with Crippen molar-refractivity contribution >= 4 is 34.1 Å². The second-order valence-corrected chi connectivity index (χ2v) is 4.80. The molecule has 2 aromatic carbocycles. The molecule has 0 atom stereocenters. The predicted molar refractivity (Wildman–Crippen MR) is 74.4 cm³/mol. The van der Waals surface area contributed by atoms with Crippen molar-refractivity contribution < 1.29 is 10.2 Å². The molecule has 0 amide bonds. The topological polar surface area (TPSA) is 58.3 Å². The van der Waals surface area contributed by atoms with Gasteiger partial charge in [-0.2, -0.15) is 5.10 Å². The standard InChI is InChI=1S/C13H8Cl2N2O2/c14-10-6-11-9(5-12(10)19)13(15)17(16-11)7-1-3-8(18)4-2-7/h1-6,18-19H. The van der Waals surface area contributed by atoms with Crippen LogP contribution in [0.5, 0.6) is 11.5 Å². The third kappa shape index (κ3) is 1.99. The van der Waals surface area contributed by atoms with Crippen molar-refractivity contribution in [1.82, 2.24) is 9.78 Å². The molecule has 1 aromatic heterocycles. The number of halogens is 2. The van der Waals surface area contributed by atoms with Gasteiger partial charge in [0.05, 0.1) is 16.2 Å². The summed E-state index contributed by atoms with van der Waals surface area (Å²) in [6.07, 6.45) is 0. The Balaban J connectivity index is 2.25. The van der Waals surface area contributed by atoms with E-state index in [1.807, 2.05) is 0 Å². The molecule has 0 bridgehead atoms. The number of hydrogen-bond acceptors (Lipinski definition) is 3. The summed E-state index contributed by atoms with van der Waals surface area (Å²) in [6, 6.07) is 9.49. The van der Waals surface area contributed by atoms with Crippen LogP contribution >= 0.6 is 23.2 Å². The highest BCUT2D eigenvalue weighted by molar-refractivity contribution is 6.36. The maximum Gasteiger partial charge on any atom is 0.140 e. The van der Waals surface area contributed by atoms with Crippen molar-refractivity contribution in [2.24, 2.45) is 0 Å². The van der Waals surface area contributed by atoms with Crippen molar-refractivity contribution in [1.29, 1.82) is 0 Å². The second-order valence-electron chi connectivity index (χ2n) is 4.04. The van der Waals surface area contributed by atoms with E-state index < -0.39 is 0 Å². The Bertz CT molecular complexity index is 766. The second kappa shape index (κ2) is 4.33. The van der Waals surface area contributed by atoms with E-state index in [9.17, 15) is 10.2 Å². The third-order valence-corrected chi connectivity index (χ3v) is 3.44. The van der Waals surface area contributed by atoms with E-state index in [-0.39, 0.29) is 16.5 Å².